The first-order chi connectivity index (χ1) is 17.9. The molecule has 2 aromatic rings. The summed E-state index contributed by atoms with van der Waals surface area (Å²) in [6.07, 6.45) is 3.92. The lowest BCUT2D eigenvalue weighted by Crippen LogP contribution is -2.41. The molecule has 0 unspecified atom stereocenters. The second-order valence-corrected chi connectivity index (χ2v) is 10.7. The van der Waals surface area contributed by atoms with E-state index in [1.165, 1.54) is 4.57 Å². The lowest BCUT2D eigenvalue weighted by atomic mass is 9.71. The van der Waals surface area contributed by atoms with Crippen LogP contribution in [0.2, 0.25) is 5.02 Å². The molecule has 1 saturated carbocycles. The Labute approximate surface area is 221 Å². The third-order valence-corrected chi connectivity index (χ3v) is 7.82. The van der Waals surface area contributed by atoms with E-state index in [4.69, 9.17) is 16.7 Å². The van der Waals surface area contributed by atoms with E-state index in [0.717, 1.165) is 0 Å². The average molecular weight is 554 g/mol. The molecule has 0 saturated heterocycles. The Morgan fingerprint density at radius 1 is 1.13 bits per heavy atom. The van der Waals surface area contributed by atoms with Crippen LogP contribution in [0.5, 0.6) is 0 Å². The van der Waals surface area contributed by atoms with Crippen molar-refractivity contribution >= 4 is 40.9 Å². The number of fused-ring (bicyclic) bond motifs is 1. The van der Waals surface area contributed by atoms with Crippen LogP contribution in [0.4, 0.5) is 18.9 Å². The molecule has 0 bridgehead atoms. The van der Waals surface area contributed by atoms with Gasteiger partial charge in [0, 0.05) is 43.0 Å². The van der Waals surface area contributed by atoms with Gasteiger partial charge in [-0.25, -0.2) is 13.2 Å². The summed E-state index contributed by atoms with van der Waals surface area (Å²) in [7, 11) is 0. The lowest BCUT2D eigenvalue weighted by Gasteiger charge is -2.37. The molecule has 2 aliphatic rings. The van der Waals surface area contributed by atoms with Crippen LogP contribution < -0.4 is 10.6 Å². The van der Waals surface area contributed by atoms with E-state index in [2.05, 4.69) is 10.6 Å². The van der Waals surface area contributed by atoms with Crippen molar-refractivity contribution in [2.24, 2.45) is 11.3 Å². The van der Waals surface area contributed by atoms with Gasteiger partial charge in [-0.1, -0.05) is 18.5 Å². The van der Waals surface area contributed by atoms with E-state index in [9.17, 15) is 32.3 Å². The number of carboxylic acid groups (broad SMARTS) is 1. The Morgan fingerprint density at radius 3 is 2.37 bits per heavy atom. The molecule has 1 aliphatic carbocycles. The zero-order valence-electron chi connectivity index (χ0n) is 20.6. The number of hydrogen-bond acceptors (Lipinski definition) is 4. The first-order valence-corrected chi connectivity index (χ1v) is 12.7. The van der Waals surface area contributed by atoms with Gasteiger partial charge in [-0.05, 0) is 49.9 Å². The molecular formula is C26H27ClF3N3O5. The van der Waals surface area contributed by atoms with Crippen molar-refractivity contribution in [1.29, 1.82) is 0 Å². The second kappa shape index (κ2) is 10.8. The van der Waals surface area contributed by atoms with Crippen LogP contribution in [0.25, 0.3) is 0 Å². The highest BCUT2D eigenvalue weighted by atomic mass is 35.5. The quantitative estimate of drug-likeness (QED) is 0.248. The number of rotatable bonds is 8. The Kier molecular flexibility index (Phi) is 7.87. The van der Waals surface area contributed by atoms with E-state index in [-0.39, 0.29) is 46.3 Å². The monoisotopic (exact) mass is 553 g/mol. The third-order valence-electron chi connectivity index (χ3n) is 7.45. The van der Waals surface area contributed by atoms with Crippen molar-refractivity contribution in [3.63, 3.8) is 0 Å². The molecule has 12 heteroatoms. The number of benzene rings is 1. The van der Waals surface area contributed by atoms with Gasteiger partial charge in [-0.2, -0.15) is 0 Å². The number of Topliss-reactive ketones (excluding diaryl/α,β-unsaturated/α-hetero) is 1. The lowest BCUT2D eigenvalue weighted by molar-refractivity contribution is -0.138. The number of hydrogen-bond donors (Lipinski definition) is 3. The normalized spacial score (nSPS) is 20.6. The predicted molar refractivity (Wildman–Crippen MR) is 132 cm³/mol. The van der Waals surface area contributed by atoms with Gasteiger partial charge in [0.25, 0.3) is 17.6 Å². The Bertz CT molecular complexity index is 1290. The number of nitrogens with one attached hydrogen (secondary N) is 2. The van der Waals surface area contributed by atoms with Crippen LogP contribution in [0, 0.1) is 28.8 Å². The van der Waals surface area contributed by atoms with Crippen LogP contribution in [0.15, 0.2) is 12.1 Å². The standard InChI is InChI=1S/C26H27ClF3N3O5/c1-26(6-4-13(5-7-26)9-18(34)35)12-31-25(38)23(36)22-20(27)19(17-3-2-8-33(17)22)24(37)32-14-10-15(28)21(30)16(29)11-14/h10-11,13H,2-9,12H2,1H3,(H,31,38)(H,32,37)(H,34,35)/t13-,26-. The molecule has 1 fully saturated rings. The molecule has 8 nitrogen and oxygen atoms in total. The van der Waals surface area contributed by atoms with E-state index in [0.29, 0.717) is 62.9 Å². The zero-order valence-corrected chi connectivity index (χ0v) is 21.4. The summed E-state index contributed by atoms with van der Waals surface area (Å²) in [5.41, 5.74) is -0.448. The number of nitrogens with zero attached hydrogens (tertiary/aromatic N) is 1. The summed E-state index contributed by atoms with van der Waals surface area (Å²) in [6, 6.07) is 1.24. The smallest absolute Gasteiger partial charge is 0.303 e. The van der Waals surface area contributed by atoms with Crippen molar-refractivity contribution in [3.05, 3.63) is 51.6 Å². The number of amides is 2. The fourth-order valence-corrected chi connectivity index (χ4v) is 5.69. The summed E-state index contributed by atoms with van der Waals surface area (Å²) in [5.74, 6) is -8.04. The number of anilines is 1. The number of carboxylic acids is 1. The summed E-state index contributed by atoms with van der Waals surface area (Å²) in [5, 5.41) is 13.7. The highest BCUT2D eigenvalue weighted by Crippen LogP contribution is 2.39. The molecule has 204 valence electrons. The molecule has 0 spiro atoms. The molecule has 4 rings (SSSR count). The predicted octanol–water partition coefficient (Wildman–Crippen LogP) is 4.73. The summed E-state index contributed by atoms with van der Waals surface area (Å²) in [4.78, 5) is 49.9. The number of aliphatic carboxylic acids is 1. The number of aromatic nitrogens is 1. The topological polar surface area (TPSA) is 117 Å². The Balaban J connectivity index is 1.48. The number of ketones is 1. The van der Waals surface area contributed by atoms with Crippen molar-refractivity contribution in [1.82, 2.24) is 9.88 Å². The zero-order chi connectivity index (χ0) is 27.8. The van der Waals surface area contributed by atoms with Crippen LogP contribution in [0.3, 0.4) is 0 Å². The van der Waals surface area contributed by atoms with Gasteiger partial charge < -0.3 is 20.3 Å². The molecule has 1 aromatic heterocycles. The maximum Gasteiger partial charge on any atom is 0.303 e. The van der Waals surface area contributed by atoms with Crippen molar-refractivity contribution in [2.75, 3.05) is 11.9 Å². The van der Waals surface area contributed by atoms with E-state index in [1.54, 1.807) is 0 Å². The maximum absolute atomic E-state index is 13.6. The molecular weight excluding hydrogens is 527 g/mol. The van der Waals surface area contributed by atoms with Gasteiger partial charge in [0.1, 0.15) is 5.69 Å². The van der Waals surface area contributed by atoms with Gasteiger partial charge in [-0.15, -0.1) is 0 Å². The SMILES string of the molecule is C[C@]1(CNC(=O)C(=O)c2c(Cl)c(C(=O)Nc3cc(F)c(F)c(F)c3)c3n2CCC3)CC[C@H](CC(=O)O)CC1. The molecule has 1 aliphatic heterocycles. The molecule has 1 aromatic carbocycles. The van der Waals surface area contributed by atoms with Gasteiger partial charge >= 0.3 is 5.97 Å². The summed E-state index contributed by atoms with van der Waals surface area (Å²) in [6.45, 7) is 2.54. The van der Waals surface area contributed by atoms with E-state index >= 15 is 0 Å². The Hall–Kier alpha value is -3.34. The van der Waals surface area contributed by atoms with Gasteiger partial charge in [0.2, 0.25) is 0 Å². The van der Waals surface area contributed by atoms with Gasteiger partial charge in [0.15, 0.2) is 17.5 Å². The van der Waals surface area contributed by atoms with Gasteiger partial charge in [-0.3, -0.25) is 19.2 Å². The van der Waals surface area contributed by atoms with Crippen LogP contribution >= 0.6 is 11.6 Å². The Morgan fingerprint density at radius 2 is 1.76 bits per heavy atom. The van der Waals surface area contributed by atoms with Crippen molar-refractivity contribution in [2.45, 2.75) is 58.4 Å². The fourth-order valence-electron chi connectivity index (χ4n) is 5.30. The first kappa shape index (κ1) is 27.7. The largest absolute Gasteiger partial charge is 0.481 e. The molecule has 0 atom stereocenters. The molecule has 2 heterocycles. The fraction of sp³-hybridized carbons (Fsp3) is 0.462. The summed E-state index contributed by atoms with van der Waals surface area (Å²) >= 11 is 6.43. The first-order valence-electron chi connectivity index (χ1n) is 12.3. The van der Waals surface area contributed by atoms with E-state index in [1.807, 2.05) is 6.92 Å². The third kappa shape index (κ3) is 5.57. The molecule has 2 amide bonds. The number of carbonyl (C=O) groups is 4. The van der Waals surface area contributed by atoms with Crippen LogP contribution in [-0.4, -0.2) is 39.8 Å². The maximum atomic E-state index is 13.6. The minimum absolute atomic E-state index is 0.0887. The molecule has 38 heavy (non-hydrogen) atoms. The van der Waals surface area contributed by atoms with Gasteiger partial charge in [0.05, 0.1) is 10.6 Å². The summed E-state index contributed by atoms with van der Waals surface area (Å²) < 4.78 is 41.9. The molecule has 3 N–H and O–H groups in total. The van der Waals surface area contributed by atoms with Crippen molar-refractivity contribution in [3.8, 4) is 0 Å². The van der Waals surface area contributed by atoms with E-state index < -0.39 is 41.0 Å². The highest BCUT2D eigenvalue weighted by molar-refractivity contribution is 6.48. The van der Waals surface area contributed by atoms with Crippen LogP contribution in [0.1, 0.15) is 72.0 Å². The molecule has 0 radical (unpaired) electrons. The number of carbonyl (C=O) groups excluding carboxylic acids is 3. The second-order valence-electron chi connectivity index (χ2n) is 10.3. The number of halogens is 4. The van der Waals surface area contributed by atoms with Crippen molar-refractivity contribution < 1.29 is 37.5 Å². The highest BCUT2D eigenvalue weighted by Gasteiger charge is 2.36. The minimum Gasteiger partial charge on any atom is -0.481 e. The van der Waals surface area contributed by atoms with Crippen LogP contribution in [-0.2, 0) is 22.6 Å². The average Bonchev–Trinajstić information content (AvgIpc) is 3.41. The minimum atomic E-state index is -1.67.